The molecule has 0 aromatic rings. The zero-order valence-electron chi connectivity index (χ0n) is 8.76. The average Bonchev–Trinajstić information content (AvgIpc) is 2.10. The van der Waals surface area contributed by atoms with Crippen LogP contribution < -0.4 is 10.6 Å². The SMILES string of the molecule is CC(C)CNC(=O)CNC(=O)C(C)Cl. The molecule has 14 heavy (non-hydrogen) atoms. The second-order valence-electron chi connectivity index (χ2n) is 3.53. The van der Waals surface area contributed by atoms with Crippen LogP contribution in [0.1, 0.15) is 20.8 Å². The van der Waals surface area contributed by atoms with Crippen molar-refractivity contribution in [1.29, 1.82) is 0 Å². The number of hydrogen-bond acceptors (Lipinski definition) is 2. The van der Waals surface area contributed by atoms with E-state index in [0.29, 0.717) is 12.5 Å². The molecule has 0 radical (unpaired) electrons. The van der Waals surface area contributed by atoms with Crippen LogP contribution in [-0.2, 0) is 9.59 Å². The number of carbonyl (C=O) groups is 2. The minimum atomic E-state index is -0.604. The van der Waals surface area contributed by atoms with Gasteiger partial charge in [0.2, 0.25) is 11.8 Å². The zero-order valence-corrected chi connectivity index (χ0v) is 9.52. The minimum absolute atomic E-state index is 0.0113. The fraction of sp³-hybridized carbons (Fsp3) is 0.778. The van der Waals surface area contributed by atoms with Gasteiger partial charge in [0, 0.05) is 6.54 Å². The lowest BCUT2D eigenvalue weighted by Gasteiger charge is -2.09. The molecule has 0 aliphatic carbocycles. The third-order valence-electron chi connectivity index (χ3n) is 1.49. The summed E-state index contributed by atoms with van der Waals surface area (Å²) < 4.78 is 0. The molecule has 2 amide bonds. The molecule has 0 aromatic heterocycles. The molecule has 0 saturated carbocycles. The first-order valence-corrected chi connectivity index (χ1v) is 5.05. The average molecular weight is 221 g/mol. The fourth-order valence-corrected chi connectivity index (χ4v) is 0.766. The van der Waals surface area contributed by atoms with Gasteiger partial charge in [-0.3, -0.25) is 9.59 Å². The van der Waals surface area contributed by atoms with E-state index in [-0.39, 0.29) is 18.4 Å². The van der Waals surface area contributed by atoms with E-state index in [4.69, 9.17) is 11.6 Å². The van der Waals surface area contributed by atoms with E-state index in [2.05, 4.69) is 10.6 Å². The van der Waals surface area contributed by atoms with E-state index in [9.17, 15) is 9.59 Å². The smallest absolute Gasteiger partial charge is 0.239 e. The number of amides is 2. The van der Waals surface area contributed by atoms with E-state index in [1.165, 1.54) is 0 Å². The van der Waals surface area contributed by atoms with Crippen molar-refractivity contribution in [2.75, 3.05) is 13.1 Å². The Balaban J connectivity index is 3.59. The highest BCUT2D eigenvalue weighted by molar-refractivity contribution is 6.30. The summed E-state index contributed by atoms with van der Waals surface area (Å²) in [6, 6.07) is 0. The Hall–Kier alpha value is -0.770. The Kier molecular flexibility index (Phi) is 6.28. The van der Waals surface area contributed by atoms with Gasteiger partial charge in [-0.1, -0.05) is 13.8 Å². The maximum Gasteiger partial charge on any atom is 0.239 e. The summed E-state index contributed by atoms with van der Waals surface area (Å²) in [7, 11) is 0. The van der Waals surface area contributed by atoms with E-state index < -0.39 is 5.38 Å². The molecule has 0 bridgehead atoms. The van der Waals surface area contributed by atoms with Crippen LogP contribution in [0.5, 0.6) is 0 Å². The quantitative estimate of drug-likeness (QED) is 0.663. The van der Waals surface area contributed by atoms with Crippen LogP contribution in [-0.4, -0.2) is 30.3 Å². The summed E-state index contributed by atoms with van der Waals surface area (Å²) in [5.41, 5.74) is 0. The largest absolute Gasteiger partial charge is 0.354 e. The lowest BCUT2D eigenvalue weighted by Crippen LogP contribution is -2.40. The lowest BCUT2D eigenvalue weighted by atomic mass is 10.2. The minimum Gasteiger partial charge on any atom is -0.354 e. The molecule has 0 fully saturated rings. The normalized spacial score (nSPS) is 12.4. The fourth-order valence-electron chi connectivity index (χ4n) is 0.688. The molecular weight excluding hydrogens is 204 g/mol. The van der Waals surface area contributed by atoms with Gasteiger partial charge in [0.25, 0.3) is 0 Å². The highest BCUT2D eigenvalue weighted by Crippen LogP contribution is 1.91. The van der Waals surface area contributed by atoms with Crippen molar-refractivity contribution in [3.05, 3.63) is 0 Å². The molecule has 0 aliphatic rings. The molecule has 0 saturated heterocycles. The van der Waals surface area contributed by atoms with Crippen LogP contribution in [0.2, 0.25) is 0 Å². The van der Waals surface area contributed by atoms with Crippen LogP contribution in [0.15, 0.2) is 0 Å². The molecule has 0 aromatic carbocycles. The summed E-state index contributed by atoms with van der Waals surface area (Å²) in [5, 5.41) is 4.50. The number of rotatable bonds is 5. The van der Waals surface area contributed by atoms with Gasteiger partial charge in [-0.25, -0.2) is 0 Å². The second-order valence-corrected chi connectivity index (χ2v) is 4.19. The summed E-state index contributed by atoms with van der Waals surface area (Å²) in [5.74, 6) is -0.114. The number of carbonyl (C=O) groups excluding carboxylic acids is 2. The van der Waals surface area contributed by atoms with Gasteiger partial charge in [0.15, 0.2) is 0 Å². The van der Waals surface area contributed by atoms with Crippen molar-refractivity contribution in [2.24, 2.45) is 5.92 Å². The molecule has 1 unspecified atom stereocenters. The molecule has 0 heterocycles. The molecule has 0 aliphatic heterocycles. The Morgan fingerprint density at radius 1 is 1.21 bits per heavy atom. The third-order valence-corrected chi connectivity index (χ3v) is 1.69. The molecular formula is C9H17ClN2O2. The Morgan fingerprint density at radius 2 is 1.79 bits per heavy atom. The predicted octanol–water partition coefficient (Wildman–Crippen LogP) is 0.502. The van der Waals surface area contributed by atoms with Gasteiger partial charge < -0.3 is 10.6 Å². The van der Waals surface area contributed by atoms with E-state index >= 15 is 0 Å². The number of nitrogens with one attached hydrogen (secondary N) is 2. The van der Waals surface area contributed by atoms with Crippen molar-refractivity contribution in [3.8, 4) is 0 Å². The summed E-state index contributed by atoms with van der Waals surface area (Å²) in [6.45, 7) is 6.16. The summed E-state index contributed by atoms with van der Waals surface area (Å²) in [6.07, 6.45) is 0. The standard InChI is InChI=1S/C9H17ClN2O2/c1-6(2)4-11-8(13)5-12-9(14)7(3)10/h6-7H,4-5H2,1-3H3,(H,11,13)(H,12,14). The van der Waals surface area contributed by atoms with Crippen LogP contribution in [0, 0.1) is 5.92 Å². The second kappa shape index (κ2) is 6.65. The van der Waals surface area contributed by atoms with Crippen LogP contribution >= 0.6 is 11.6 Å². The summed E-state index contributed by atoms with van der Waals surface area (Å²) >= 11 is 5.50. The topological polar surface area (TPSA) is 58.2 Å². The zero-order chi connectivity index (χ0) is 11.1. The molecule has 0 spiro atoms. The first kappa shape index (κ1) is 13.2. The van der Waals surface area contributed by atoms with Gasteiger partial charge in [0.1, 0.15) is 5.38 Å². The monoisotopic (exact) mass is 220 g/mol. The Morgan fingerprint density at radius 3 is 2.21 bits per heavy atom. The first-order chi connectivity index (χ1) is 6.43. The maximum absolute atomic E-state index is 11.1. The van der Waals surface area contributed by atoms with Gasteiger partial charge in [-0.2, -0.15) is 0 Å². The van der Waals surface area contributed by atoms with Crippen molar-refractivity contribution >= 4 is 23.4 Å². The van der Waals surface area contributed by atoms with Gasteiger partial charge in [0.05, 0.1) is 6.54 Å². The lowest BCUT2D eigenvalue weighted by molar-refractivity contribution is -0.125. The van der Waals surface area contributed by atoms with Gasteiger partial charge in [-0.15, -0.1) is 11.6 Å². The third kappa shape index (κ3) is 6.71. The number of hydrogen-bond donors (Lipinski definition) is 2. The van der Waals surface area contributed by atoms with E-state index in [0.717, 1.165) is 0 Å². The molecule has 0 rings (SSSR count). The highest BCUT2D eigenvalue weighted by Gasteiger charge is 2.10. The predicted molar refractivity (Wildman–Crippen MR) is 56.2 cm³/mol. The first-order valence-electron chi connectivity index (χ1n) is 4.62. The van der Waals surface area contributed by atoms with Gasteiger partial charge >= 0.3 is 0 Å². The molecule has 2 N–H and O–H groups in total. The van der Waals surface area contributed by atoms with E-state index in [1.54, 1.807) is 6.92 Å². The van der Waals surface area contributed by atoms with E-state index in [1.807, 2.05) is 13.8 Å². The van der Waals surface area contributed by atoms with Crippen LogP contribution in [0.4, 0.5) is 0 Å². The maximum atomic E-state index is 11.1. The van der Waals surface area contributed by atoms with Crippen molar-refractivity contribution < 1.29 is 9.59 Å². The van der Waals surface area contributed by atoms with Crippen LogP contribution in [0.3, 0.4) is 0 Å². The molecule has 82 valence electrons. The Labute approximate surface area is 89.4 Å². The van der Waals surface area contributed by atoms with Crippen LogP contribution in [0.25, 0.3) is 0 Å². The van der Waals surface area contributed by atoms with Gasteiger partial charge in [-0.05, 0) is 12.8 Å². The van der Waals surface area contributed by atoms with Crippen molar-refractivity contribution in [1.82, 2.24) is 10.6 Å². The Bertz CT molecular complexity index is 205. The van der Waals surface area contributed by atoms with Crippen molar-refractivity contribution in [2.45, 2.75) is 26.1 Å². The molecule has 4 nitrogen and oxygen atoms in total. The van der Waals surface area contributed by atoms with Crippen molar-refractivity contribution in [3.63, 3.8) is 0 Å². The molecule has 1 atom stereocenters. The number of alkyl halides is 1. The molecule has 5 heteroatoms. The highest BCUT2D eigenvalue weighted by atomic mass is 35.5. The summed E-state index contributed by atoms with van der Waals surface area (Å²) in [4.78, 5) is 22.1. The number of halogens is 1.